The zero-order valence-corrected chi connectivity index (χ0v) is 8.09. The number of aromatic amines is 1. The van der Waals surface area contributed by atoms with Crippen LogP contribution in [-0.2, 0) is 6.42 Å². The topological polar surface area (TPSA) is 66.0 Å². The van der Waals surface area contributed by atoms with Crippen LogP contribution in [0.4, 0.5) is 0 Å². The van der Waals surface area contributed by atoms with Crippen LogP contribution in [0, 0.1) is 12.8 Å². The molecule has 13 heavy (non-hydrogen) atoms. The zero-order valence-electron chi connectivity index (χ0n) is 8.09. The maximum absolute atomic E-state index is 11.2. The number of hydrogen-bond donors (Lipinski definition) is 2. The van der Waals surface area contributed by atoms with Gasteiger partial charge in [-0.15, -0.1) is 0 Å². The summed E-state index contributed by atoms with van der Waals surface area (Å²) in [4.78, 5) is 17.7. The molecule has 72 valence electrons. The third-order valence-electron chi connectivity index (χ3n) is 1.78. The van der Waals surface area contributed by atoms with Crippen LogP contribution in [0.5, 0.6) is 5.88 Å². The van der Waals surface area contributed by atoms with E-state index in [9.17, 15) is 9.90 Å². The highest BCUT2D eigenvalue weighted by atomic mass is 16.3. The molecule has 0 amide bonds. The molecule has 0 bridgehead atoms. The van der Waals surface area contributed by atoms with Gasteiger partial charge in [0.25, 0.3) is 5.56 Å². The molecule has 0 unspecified atom stereocenters. The second kappa shape index (κ2) is 3.60. The molecule has 0 saturated heterocycles. The van der Waals surface area contributed by atoms with E-state index in [1.807, 2.05) is 13.8 Å². The van der Waals surface area contributed by atoms with Crippen LogP contribution < -0.4 is 5.56 Å². The summed E-state index contributed by atoms with van der Waals surface area (Å²) in [6.45, 7) is 5.59. The van der Waals surface area contributed by atoms with Gasteiger partial charge < -0.3 is 10.1 Å². The van der Waals surface area contributed by atoms with Crippen molar-refractivity contribution in [3.8, 4) is 5.88 Å². The van der Waals surface area contributed by atoms with Crippen LogP contribution in [-0.4, -0.2) is 15.1 Å². The third-order valence-corrected chi connectivity index (χ3v) is 1.78. The lowest BCUT2D eigenvalue weighted by Crippen LogP contribution is -2.15. The van der Waals surface area contributed by atoms with Gasteiger partial charge in [-0.1, -0.05) is 13.8 Å². The van der Waals surface area contributed by atoms with Crippen molar-refractivity contribution < 1.29 is 5.11 Å². The second-order valence-corrected chi connectivity index (χ2v) is 3.56. The molecule has 1 heterocycles. The molecule has 0 atom stereocenters. The van der Waals surface area contributed by atoms with E-state index >= 15 is 0 Å². The fourth-order valence-corrected chi connectivity index (χ4v) is 1.05. The van der Waals surface area contributed by atoms with Crippen LogP contribution in [0.3, 0.4) is 0 Å². The monoisotopic (exact) mass is 182 g/mol. The first-order valence-electron chi connectivity index (χ1n) is 4.29. The fourth-order valence-electron chi connectivity index (χ4n) is 1.05. The molecule has 0 aliphatic heterocycles. The Bertz CT molecular complexity index is 355. The minimum atomic E-state index is -0.261. The van der Waals surface area contributed by atoms with Gasteiger partial charge in [-0.3, -0.25) is 4.79 Å². The van der Waals surface area contributed by atoms with Gasteiger partial charge in [-0.25, -0.2) is 4.98 Å². The van der Waals surface area contributed by atoms with Gasteiger partial charge in [-0.05, 0) is 12.8 Å². The Labute approximate surface area is 76.7 Å². The molecule has 4 heteroatoms. The van der Waals surface area contributed by atoms with E-state index in [0.717, 1.165) is 0 Å². The Hall–Kier alpha value is -1.32. The summed E-state index contributed by atoms with van der Waals surface area (Å²) in [5, 5.41) is 9.26. The third kappa shape index (κ3) is 2.31. The van der Waals surface area contributed by atoms with E-state index in [2.05, 4.69) is 9.97 Å². The number of hydrogen-bond acceptors (Lipinski definition) is 3. The number of nitrogens with one attached hydrogen (secondary N) is 1. The van der Waals surface area contributed by atoms with Crippen LogP contribution in [0.25, 0.3) is 0 Å². The Morgan fingerprint density at radius 2 is 2.15 bits per heavy atom. The quantitative estimate of drug-likeness (QED) is 0.716. The lowest BCUT2D eigenvalue weighted by Gasteiger charge is -2.04. The van der Waals surface area contributed by atoms with E-state index in [1.165, 1.54) is 0 Å². The van der Waals surface area contributed by atoms with Crippen molar-refractivity contribution in [1.29, 1.82) is 0 Å². The Balaban J connectivity index is 3.06. The van der Waals surface area contributed by atoms with Crippen molar-refractivity contribution in [1.82, 2.24) is 9.97 Å². The largest absolute Gasteiger partial charge is 0.493 e. The Morgan fingerprint density at radius 1 is 1.54 bits per heavy atom. The van der Waals surface area contributed by atoms with Crippen molar-refractivity contribution >= 4 is 0 Å². The predicted molar refractivity (Wildman–Crippen MR) is 49.8 cm³/mol. The SMILES string of the molecule is Cc1c(O)nc(CC(C)C)[nH]c1=O. The standard InChI is InChI=1S/C9H14N2O2/c1-5(2)4-7-10-8(12)6(3)9(13)11-7/h5H,4H2,1-3H3,(H2,10,11,12,13). The number of aromatic nitrogens is 2. The maximum atomic E-state index is 11.2. The molecule has 0 radical (unpaired) electrons. The number of H-pyrrole nitrogens is 1. The predicted octanol–water partition coefficient (Wildman–Crippen LogP) is 0.982. The molecule has 4 nitrogen and oxygen atoms in total. The van der Waals surface area contributed by atoms with Gasteiger partial charge in [0.2, 0.25) is 5.88 Å². The molecular formula is C9H14N2O2. The van der Waals surface area contributed by atoms with Crippen LogP contribution in [0.2, 0.25) is 0 Å². The lowest BCUT2D eigenvalue weighted by molar-refractivity contribution is 0.440. The summed E-state index contributed by atoms with van der Waals surface area (Å²) >= 11 is 0. The summed E-state index contributed by atoms with van der Waals surface area (Å²) < 4.78 is 0. The van der Waals surface area contributed by atoms with Crippen molar-refractivity contribution in [3.63, 3.8) is 0 Å². The summed E-state index contributed by atoms with van der Waals surface area (Å²) in [5.74, 6) is 0.785. The maximum Gasteiger partial charge on any atom is 0.257 e. The van der Waals surface area contributed by atoms with Gasteiger partial charge >= 0.3 is 0 Å². The highest BCUT2D eigenvalue weighted by molar-refractivity contribution is 5.20. The summed E-state index contributed by atoms with van der Waals surface area (Å²) in [6.07, 6.45) is 0.670. The van der Waals surface area contributed by atoms with Crippen molar-refractivity contribution in [2.24, 2.45) is 5.92 Å². The van der Waals surface area contributed by atoms with Gasteiger partial charge in [0, 0.05) is 6.42 Å². The first-order valence-corrected chi connectivity index (χ1v) is 4.29. The molecule has 1 rings (SSSR count). The zero-order chi connectivity index (χ0) is 10.0. The molecular weight excluding hydrogens is 168 g/mol. The van der Waals surface area contributed by atoms with Gasteiger partial charge in [0.05, 0.1) is 5.56 Å². The Morgan fingerprint density at radius 3 is 2.62 bits per heavy atom. The fraction of sp³-hybridized carbons (Fsp3) is 0.556. The molecule has 1 aromatic rings. The van der Waals surface area contributed by atoms with Crippen molar-refractivity contribution in [2.45, 2.75) is 27.2 Å². The first kappa shape index (κ1) is 9.77. The highest BCUT2D eigenvalue weighted by Crippen LogP contribution is 2.08. The summed E-state index contributed by atoms with van der Waals surface area (Å²) in [5.41, 5.74) is 0.00987. The van der Waals surface area contributed by atoms with E-state index in [0.29, 0.717) is 18.2 Å². The van der Waals surface area contributed by atoms with E-state index in [1.54, 1.807) is 6.92 Å². The second-order valence-electron chi connectivity index (χ2n) is 3.56. The van der Waals surface area contributed by atoms with E-state index < -0.39 is 0 Å². The van der Waals surface area contributed by atoms with Crippen LogP contribution >= 0.6 is 0 Å². The first-order chi connectivity index (χ1) is 6.00. The molecule has 2 N–H and O–H groups in total. The van der Waals surface area contributed by atoms with Crippen LogP contribution in [0.15, 0.2) is 4.79 Å². The molecule has 0 spiro atoms. The van der Waals surface area contributed by atoms with Crippen LogP contribution in [0.1, 0.15) is 25.2 Å². The molecule has 0 fully saturated rings. The molecule has 0 aliphatic rings. The smallest absolute Gasteiger partial charge is 0.257 e. The van der Waals surface area contributed by atoms with E-state index in [-0.39, 0.29) is 17.0 Å². The molecule has 0 aliphatic carbocycles. The number of nitrogens with zero attached hydrogens (tertiary/aromatic N) is 1. The minimum Gasteiger partial charge on any atom is -0.493 e. The number of aromatic hydroxyl groups is 1. The van der Waals surface area contributed by atoms with E-state index in [4.69, 9.17) is 0 Å². The molecule has 0 saturated carbocycles. The average Bonchev–Trinajstić information content (AvgIpc) is 1.98. The van der Waals surface area contributed by atoms with Crippen molar-refractivity contribution in [2.75, 3.05) is 0 Å². The lowest BCUT2D eigenvalue weighted by atomic mass is 10.1. The van der Waals surface area contributed by atoms with Gasteiger partial charge in [0.1, 0.15) is 5.82 Å². The average molecular weight is 182 g/mol. The van der Waals surface area contributed by atoms with Crippen molar-refractivity contribution in [3.05, 3.63) is 21.7 Å². The van der Waals surface area contributed by atoms with Gasteiger partial charge in [0.15, 0.2) is 0 Å². The highest BCUT2D eigenvalue weighted by Gasteiger charge is 2.06. The number of rotatable bonds is 2. The normalized spacial score (nSPS) is 10.8. The summed E-state index contributed by atoms with van der Waals surface area (Å²) in [7, 11) is 0. The Kier molecular flexibility index (Phi) is 2.70. The molecule has 1 aromatic heterocycles. The molecule has 0 aromatic carbocycles. The minimum absolute atomic E-state index is 0.167. The summed E-state index contributed by atoms with van der Waals surface area (Å²) in [6, 6.07) is 0. The van der Waals surface area contributed by atoms with Gasteiger partial charge in [-0.2, -0.15) is 0 Å².